The van der Waals surface area contributed by atoms with E-state index in [1.54, 1.807) is 14.1 Å². The van der Waals surface area contributed by atoms with Crippen molar-refractivity contribution in [3.05, 3.63) is 22.8 Å². The van der Waals surface area contributed by atoms with Gasteiger partial charge in [-0.3, -0.25) is 33.8 Å². The van der Waals surface area contributed by atoms with Crippen LogP contribution in [0.1, 0.15) is 47.7 Å². The molecule has 4 N–H and O–H groups in total. The molecule has 0 spiro atoms. The lowest BCUT2D eigenvalue weighted by Crippen LogP contribution is -2.74. The summed E-state index contributed by atoms with van der Waals surface area (Å²) in [6, 6.07) is 0.360. The van der Waals surface area contributed by atoms with Gasteiger partial charge in [0, 0.05) is 23.6 Å². The van der Waals surface area contributed by atoms with Gasteiger partial charge in [0.05, 0.1) is 24.6 Å². The molecule has 11 nitrogen and oxygen atoms in total. The van der Waals surface area contributed by atoms with Crippen molar-refractivity contribution in [3.8, 4) is 11.5 Å². The number of likely N-dealkylation sites (N-methyl/N-ethyl adjacent to an activating group) is 1. The third-order valence-corrected chi connectivity index (χ3v) is 9.56. The van der Waals surface area contributed by atoms with Crippen LogP contribution in [-0.4, -0.2) is 95.0 Å². The maximum absolute atomic E-state index is 13.9. The number of aromatic hydroxyl groups is 1. The summed E-state index contributed by atoms with van der Waals surface area (Å²) < 4.78 is 5.78. The molecule has 0 radical (unpaired) electrons. The largest absolute Gasteiger partial charge is 0.507 e. The SMILES string of the molecule is COc1c(CN2CCC(C)CC2)cc(O)c2c1C[C@H]1C[C@H]3[C@H](N(C)C)C(=O)C(C(N)=O)C(=O)[C@@]3(O)C(=O)C1C2=O. The Balaban J connectivity index is 1.57. The van der Waals surface area contributed by atoms with Gasteiger partial charge in [0.1, 0.15) is 11.5 Å². The van der Waals surface area contributed by atoms with Crippen molar-refractivity contribution in [3.63, 3.8) is 0 Å². The fraction of sp³-hybridized carbons (Fsp3) is 0.621. The number of amides is 1. The first-order chi connectivity index (χ1) is 18.8. The van der Waals surface area contributed by atoms with E-state index in [1.807, 2.05) is 0 Å². The van der Waals surface area contributed by atoms with Gasteiger partial charge in [-0.15, -0.1) is 0 Å². The third-order valence-electron chi connectivity index (χ3n) is 9.56. The predicted octanol–water partition coefficient (Wildman–Crippen LogP) is 0.108. The highest BCUT2D eigenvalue weighted by atomic mass is 16.5. The number of methoxy groups -OCH3 is 1. The smallest absolute Gasteiger partial charge is 0.235 e. The number of ketones is 4. The Bertz CT molecular complexity index is 1300. The Hall–Kier alpha value is -3.15. The Morgan fingerprint density at radius 2 is 1.82 bits per heavy atom. The van der Waals surface area contributed by atoms with E-state index in [4.69, 9.17) is 10.5 Å². The summed E-state index contributed by atoms with van der Waals surface area (Å²) in [4.78, 5) is 70.2. The molecule has 3 aliphatic carbocycles. The highest BCUT2D eigenvalue weighted by Crippen LogP contribution is 2.52. The maximum atomic E-state index is 13.9. The Morgan fingerprint density at radius 3 is 2.40 bits per heavy atom. The number of phenols is 1. The minimum absolute atomic E-state index is 0.00204. The van der Waals surface area contributed by atoms with Crippen LogP contribution in [0.5, 0.6) is 11.5 Å². The molecule has 1 aromatic carbocycles. The van der Waals surface area contributed by atoms with Gasteiger partial charge >= 0.3 is 0 Å². The number of benzene rings is 1. The van der Waals surface area contributed by atoms with Crippen LogP contribution in [-0.2, 0) is 32.1 Å². The van der Waals surface area contributed by atoms with Crippen LogP contribution in [0, 0.1) is 29.6 Å². The van der Waals surface area contributed by atoms with E-state index in [0.717, 1.165) is 31.5 Å². The highest BCUT2D eigenvalue weighted by molar-refractivity contribution is 6.32. The van der Waals surface area contributed by atoms with Gasteiger partial charge in [-0.25, -0.2) is 0 Å². The molecule has 5 rings (SSSR count). The van der Waals surface area contributed by atoms with Crippen molar-refractivity contribution >= 4 is 29.0 Å². The van der Waals surface area contributed by atoms with Gasteiger partial charge in [0.15, 0.2) is 34.7 Å². The molecule has 11 heteroatoms. The normalized spacial score (nSPS) is 33.0. The Labute approximate surface area is 232 Å². The second kappa shape index (κ2) is 10.0. The number of carbonyl (C=O) groups is 5. The molecule has 4 aliphatic rings. The number of nitrogens with zero attached hydrogens (tertiary/aromatic N) is 2. The first kappa shape index (κ1) is 28.4. The number of hydrogen-bond donors (Lipinski definition) is 3. The molecule has 216 valence electrons. The third kappa shape index (κ3) is 4.09. The molecule has 3 fully saturated rings. The number of aliphatic hydroxyl groups is 1. The van der Waals surface area contributed by atoms with Crippen LogP contribution in [0.25, 0.3) is 0 Å². The second-order valence-corrected chi connectivity index (χ2v) is 12.2. The predicted molar refractivity (Wildman–Crippen MR) is 142 cm³/mol. The zero-order valence-corrected chi connectivity index (χ0v) is 23.3. The lowest BCUT2D eigenvalue weighted by atomic mass is 9.52. The minimum atomic E-state index is -2.73. The molecule has 40 heavy (non-hydrogen) atoms. The number of nitrogens with two attached hydrogens (primary N) is 1. The van der Waals surface area contributed by atoms with Gasteiger partial charge in [-0.2, -0.15) is 0 Å². The molecule has 2 unspecified atom stereocenters. The van der Waals surface area contributed by atoms with E-state index >= 15 is 0 Å². The van der Waals surface area contributed by atoms with Crippen LogP contribution >= 0.6 is 0 Å². The first-order valence-corrected chi connectivity index (χ1v) is 13.8. The van der Waals surface area contributed by atoms with Gasteiger partial charge in [-0.05, 0) is 70.8 Å². The summed E-state index contributed by atoms with van der Waals surface area (Å²) in [6.45, 7) is 4.56. The van der Waals surface area contributed by atoms with Gasteiger partial charge in [0.25, 0.3) is 0 Å². The number of ether oxygens (including phenoxy) is 1. The van der Waals surface area contributed by atoms with E-state index in [-0.39, 0.29) is 24.2 Å². The molecule has 1 saturated heterocycles. The Kier molecular flexibility index (Phi) is 7.12. The van der Waals surface area contributed by atoms with Crippen LogP contribution < -0.4 is 10.5 Å². The first-order valence-electron chi connectivity index (χ1n) is 13.8. The summed E-state index contributed by atoms with van der Waals surface area (Å²) in [5.74, 6) is -9.44. The molecule has 1 aliphatic heterocycles. The lowest BCUT2D eigenvalue weighted by molar-refractivity contribution is -0.181. The average molecular weight is 556 g/mol. The number of rotatable bonds is 5. The number of carbonyl (C=O) groups excluding carboxylic acids is 5. The fourth-order valence-corrected chi connectivity index (χ4v) is 7.55. The molecule has 0 bridgehead atoms. The van der Waals surface area contributed by atoms with Crippen molar-refractivity contribution in [2.24, 2.45) is 35.3 Å². The average Bonchev–Trinajstić information content (AvgIpc) is 2.87. The van der Waals surface area contributed by atoms with Gasteiger partial charge in [-0.1, -0.05) is 6.92 Å². The molecular weight excluding hydrogens is 518 g/mol. The van der Waals surface area contributed by atoms with E-state index in [1.165, 1.54) is 18.1 Å². The lowest BCUT2D eigenvalue weighted by Gasteiger charge is -2.52. The molecule has 0 aromatic heterocycles. The van der Waals surface area contributed by atoms with E-state index in [2.05, 4.69) is 11.8 Å². The fourth-order valence-electron chi connectivity index (χ4n) is 7.55. The maximum Gasteiger partial charge on any atom is 0.235 e. The van der Waals surface area contributed by atoms with Crippen molar-refractivity contribution in [1.29, 1.82) is 0 Å². The van der Waals surface area contributed by atoms with E-state index in [0.29, 0.717) is 23.8 Å². The number of hydrogen-bond acceptors (Lipinski definition) is 10. The quantitative estimate of drug-likeness (QED) is 0.424. The molecule has 1 heterocycles. The molecule has 2 saturated carbocycles. The Morgan fingerprint density at radius 1 is 1.18 bits per heavy atom. The molecule has 1 amide bonds. The second-order valence-electron chi connectivity index (χ2n) is 12.2. The summed E-state index contributed by atoms with van der Waals surface area (Å²) in [5.41, 5.74) is 3.79. The number of piperidine rings is 1. The van der Waals surface area contributed by atoms with E-state index in [9.17, 15) is 34.2 Å². The molecular formula is C29H37N3O8. The minimum Gasteiger partial charge on any atom is -0.507 e. The van der Waals surface area contributed by atoms with Crippen LogP contribution in [0.4, 0.5) is 0 Å². The summed E-state index contributed by atoms with van der Waals surface area (Å²) >= 11 is 0. The van der Waals surface area contributed by atoms with Crippen LogP contribution in [0.3, 0.4) is 0 Å². The highest BCUT2D eigenvalue weighted by Gasteiger charge is 2.69. The number of Topliss-reactive ketones (excluding diaryl/α,β-unsaturated/α-hetero) is 4. The zero-order chi connectivity index (χ0) is 29.3. The van der Waals surface area contributed by atoms with Crippen molar-refractivity contribution in [2.45, 2.75) is 50.8 Å². The van der Waals surface area contributed by atoms with Crippen molar-refractivity contribution in [1.82, 2.24) is 9.80 Å². The van der Waals surface area contributed by atoms with E-state index < -0.39 is 64.4 Å². The summed E-state index contributed by atoms with van der Waals surface area (Å²) in [5, 5.41) is 22.7. The summed E-state index contributed by atoms with van der Waals surface area (Å²) in [7, 11) is 4.62. The standard InChI is InChI=1S/C29H37N3O8/c1-13-5-7-32(8-6-13)12-15-11-18(33)20-16(25(15)40-4)9-14-10-17-22(31(2)3)24(35)21(28(30)38)27(37)29(17,39)26(36)19(14)23(20)34/h11,13-14,17,19,21-22,33,39H,5-10,12H2,1-4H3,(H2,30,38)/t14-,17-,19?,21?,22-,29-/m0/s1. The van der Waals surface area contributed by atoms with Crippen LogP contribution in [0.15, 0.2) is 6.07 Å². The van der Waals surface area contributed by atoms with Crippen molar-refractivity contribution in [2.75, 3.05) is 34.3 Å². The monoisotopic (exact) mass is 555 g/mol. The molecule has 6 atom stereocenters. The topological polar surface area (TPSA) is 168 Å². The molecule has 1 aromatic rings. The summed E-state index contributed by atoms with van der Waals surface area (Å²) in [6.07, 6.45) is 2.31. The van der Waals surface area contributed by atoms with Gasteiger partial charge < -0.3 is 20.7 Å². The number of phenolic OH excluding ortho intramolecular Hbond substituents is 1. The number of fused-ring (bicyclic) bond motifs is 3. The zero-order valence-electron chi connectivity index (χ0n) is 23.3. The van der Waals surface area contributed by atoms with Crippen molar-refractivity contribution < 1.29 is 38.9 Å². The van der Waals surface area contributed by atoms with Crippen LogP contribution in [0.2, 0.25) is 0 Å². The number of primary amides is 1. The van der Waals surface area contributed by atoms with Gasteiger partial charge in [0.2, 0.25) is 5.91 Å². The number of likely N-dealkylation sites (tertiary alicyclic amines) is 1.